The maximum atomic E-state index is 8.98. The van der Waals surface area contributed by atoms with Crippen molar-refractivity contribution in [2.45, 2.75) is 31.0 Å². The van der Waals surface area contributed by atoms with Gasteiger partial charge in [-0.15, -0.1) is 0 Å². The Morgan fingerprint density at radius 2 is 2.00 bits per heavy atom. The maximum absolute atomic E-state index is 8.98. The van der Waals surface area contributed by atoms with E-state index < -0.39 is 0 Å². The largest absolute Gasteiger partial charge is 0.394 e. The number of rotatable bonds is 3. The Hall–Kier alpha value is -0.940. The quantitative estimate of drug-likeness (QED) is 0.802. The van der Waals surface area contributed by atoms with Gasteiger partial charge in [0.15, 0.2) is 6.29 Å². The van der Waals surface area contributed by atoms with Crippen molar-refractivity contribution in [1.82, 2.24) is 0 Å². The van der Waals surface area contributed by atoms with Crippen molar-refractivity contribution >= 4 is 0 Å². The Labute approximate surface area is 100 Å². The highest BCUT2D eigenvalue weighted by Crippen LogP contribution is 2.35. The number of epoxide rings is 1. The predicted octanol–water partition coefficient (Wildman–Crippen LogP) is 1.25. The van der Waals surface area contributed by atoms with E-state index in [0.29, 0.717) is 6.61 Å². The Morgan fingerprint density at radius 1 is 1.18 bits per heavy atom. The SMILES string of the molecule is OC[C@H]1O[C@H]1[C@@H]1CCO[C@H](c2ccccc2)O1. The van der Waals surface area contributed by atoms with Gasteiger partial charge in [0.2, 0.25) is 0 Å². The molecule has 4 atom stereocenters. The summed E-state index contributed by atoms with van der Waals surface area (Å²) in [5.41, 5.74) is 1.03. The lowest BCUT2D eigenvalue weighted by Gasteiger charge is -2.29. The molecule has 2 fully saturated rings. The van der Waals surface area contributed by atoms with E-state index in [0.717, 1.165) is 12.0 Å². The van der Waals surface area contributed by atoms with Crippen LogP contribution in [0, 0.1) is 0 Å². The van der Waals surface area contributed by atoms with Gasteiger partial charge >= 0.3 is 0 Å². The van der Waals surface area contributed by atoms with Gasteiger partial charge in [-0.3, -0.25) is 0 Å². The summed E-state index contributed by atoms with van der Waals surface area (Å²) in [7, 11) is 0. The van der Waals surface area contributed by atoms with Crippen LogP contribution in [0.3, 0.4) is 0 Å². The molecular formula is C13H16O4. The van der Waals surface area contributed by atoms with Crippen molar-refractivity contribution in [2.24, 2.45) is 0 Å². The van der Waals surface area contributed by atoms with Crippen LogP contribution in [0.1, 0.15) is 18.3 Å². The van der Waals surface area contributed by atoms with Crippen molar-refractivity contribution < 1.29 is 19.3 Å². The zero-order valence-electron chi connectivity index (χ0n) is 9.49. The van der Waals surface area contributed by atoms with Crippen LogP contribution in [0.2, 0.25) is 0 Å². The predicted molar refractivity (Wildman–Crippen MR) is 60.4 cm³/mol. The number of hydrogen-bond donors (Lipinski definition) is 1. The molecule has 2 saturated heterocycles. The number of aliphatic hydroxyl groups excluding tert-OH is 1. The smallest absolute Gasteiger partial charge is 0.184 e. The number of aliphatic hydroxyl groups is 1. The molecule has 1 N–H and O–H groups in total. The lowest BCUT2D eigenvalue weighted by molar-refractivity contribution is -0.221. The van der Waals surface area contributed by atoms with E-state index in [1.807, 2.05) is 30.3 Å². The molecule has 1 aromatic carbocycles. The van der Waals surface area contributed by atoms with Gasteiger partial charge < -0.3 is 19.3 Å². The summed E-state index contributed by atoms with van der Waals surface area (Å²) in [4.78, 5) is 0. The van der Waals surface area contributed by atoms with Crippen LogP contribution in [0.15, 0.2) is 30.3 Å². The van der Waals surface area contributed by atoms with Crippen LogP contribution in [0.4, 0.5) is 0 Å². The molecular weight excluding hydrogens is 220 g/mol. The summed E-state index contributed by atoms with van der Waals surface area (Å²) in [5, 5.41) is 8.98. The van der Waals surface area contributed by atoms with Gasteiger partial charge in [0, 0.05) is 5.56 Å². The van der Waals surface area contributed by atoms with E-state index in [2.05, 4.69) is 0 Å². The monoisotopic (exact) mass is 236 g/mol. The highest BCUT2D eigenvalue weighted by Gasteiger charge is 2.47. The molecule has 0 unspecified atom stereocenters. The average molecular weight is 236 g/mol. The molecule has 0 aromatic heterocycles. The highest BCUT2D eigenvalue weighted by molar-refractivity contribution is 5.16. The minimum atomic E-state index is -0.307. The van der Waals surface area contributed by atoms with Crippen LogP contribution in [0.25, 0.3) is 0 Å². The van der Waals surface area contributed by atoms with E-state index in [9.17, 15) is 0 Å². The average Bonchev–Trinajstić information content (AvgIpc) is 3.19. The first-order chi connectivity index (χ1) is 8.38. The summed E-state index contributed by atoms with van der Waals surface area (Å²) in [6, 6.07) is 9.88. The van der Waals surface area contributed by atoms with Gasteiger partial charge in [0.05, 0.1) is 19.3 Å². The van der Waals surface area contributed by atoms with E-state index in [4.69, 9.17) is 19.3 Å². The molecule has 2 heterocycles. The minimum absolute atomic E-state index is 0.0334. The van der Waals surface area contributed by atoms with E-state index >= 15 is 0 Å². The van der Waals surface area contributed by atoms with Crippen LogP contribution >= 0.6 is 0 Å². The van der Waals surface area contributed by atoms with Crippen molar-refractivity contribution in [3.8, 4) is 0 Å². The first-order valence-corrected chi connectivity index (χ1v) is 5.97. The van der Waals surface area contributed by atoms with Crippen molar-refractivity contribution in [2.75, 3.05) is 13.2 Å². The maximum Gasteiger partial charge on any atom is 0.184 e. The normalized spacial score (nSPS) is 36.8. The molecule has 4 nitrogen and oxygen atoms in total. The van der Waals surface area contributed by atoms with E-state index in [-0.39, 0.29) is 31.2 Å². The van der Waals surface area contributed by atoms with Gasteiger partial charge in [0.1, 0.15) is 12.2 Å². The summed E-state index contributed by atoms with van der Waals surface area (Å²) in [6.45, 7) is 0.740. The third-order valence-corrected chi connectivity index (χ3v) is 3.21. The molecule has 92 valence electrons. The molecule has 3 rings (SSSR count). The second-order valence-electron chi connectivity index (χ2n) is 4.40. The molecule has 0 bridgehead atoms. The standard InChI is InChI=1S/C13H16O4/c14-8-11-12(16-11)10-6-7-15-13(17-10)9-4-2-1-3-5-9/h1-5,10-14H,6-8H2/t10-,11+,12-,13-/m0/s1. The molecule has 0 radical (unpaired) electrons. The topological polar surface area (TPSA) is 51.2 Å². The summed E-state index contributed by atoms with van der Waals surface area (Å²) in [5.74, 6) is 0. The van der Waals surface area contributed by atoms with Gasteiger partial charge in [-0.1, -0.05) is 30.3 Å². The number of ether oxygens (including phenoxy) is 3. The molecule has 4 heteroatoms. The summed E-state index contributed by atoms with van der Waals surface area (Å²) >= 11 is 0. The summed E-state index contributed by atoms with van der Waals surface area (Å²) < 4.78 is 16.8. The molecule has 17 heavy (non-hydrogen) atoms. The van der Waals surface area contributed by atoms with E-state index in [1.54, 1.807) is 0 Å². The Balaban J connectivity index is 1.64. The number of hydrogen-bond acceptors (Lipinski definition) is 4. The molecule has 2 aliphatic heterocycles. The Bertz CT molecular complexity index is 367. The van der Waals surface area contributed by atoms with Crippen molar-refractivity contribution in [3.05, 3.63) is 35.9 Å². The summed E-state index contributed by atoms with van der Waals surface area (Å²) in [6.07, 6.45) is 0.541. The second kappa shape index (κ2) is 4.74. The lowest BCUT2D eigenvalue weighted by Crippen LogP contribution is -2.32. The Morgan fingerprint density at radius 3 is 2.71 bits per heavy atom. The second-order valence-corrected chi connectivity index (χ2v) is 4.40. The molecule has 2 aliphatic rings. The zero-order valence-corrected chi connectivity index (χ0v) is 9.49. The van der Waals surface area contributed by atoms with E-state index in [1.165, 1.54) is 0 Å². The third kappa shape index (κ3) is 2.35. The fourth-order valence-corrected chi connectivity index (χ4v) is 2.21. The van der Waals surface area contributed by atoms with Gasteiger partial charge in [-0.25, -0.2) is 0 Å². The molecule has 0 aliphatic carbocycles. The zero-order chi connectivity index (χ0) is 11.7. The first-order valence-electron chi connectivity index (χ1n) is 5.97. The molecule has 0 spiro atoms. The lowest BCUT2D eigenvalue weighted by atomic mass is 10.1. The van der Waals surface area contributed by atoms with Gasteiger partial charge in [-0.2, -0.15) is 0 Å². The van der Waals surface area contributed by atoms with Crippen molar-refractivity contribution in [1.29, 1.82) is 0 Å². The van der Waals surface area contributed by atoms with Crippen LogP contribution in [-0.2, 0) is 14.2 Å². The van der Waals surface area contributed by atoms with Crippen LogP contribution < -0.4 is 0 Å². The van der Waals surface area contributed by atoms with Gasteiger partial charge in [-0.05, 0) is 6.42 Å². The minimum Gasteiger partial charge on any atom is -0.394 e. The molecule has 1 aromatic rings. The van der Waals surface area contributed by atoms with Crippen LogP contribution in [-0.4, -0.2) is 36.6 Å². The number of benzene rings is 1. The fourth-order valence-electron chi connectivity index (χ4n) is 2.21. The Kier molecular flexibility index (Phi) is 3.11. The third-order valence-electron chi connectivity index (χ3n) is 3.21. The fraction of sp³-hybridized carbons (Fsp3) is 0.538. The van der Waals surface area contributed by atoms with Gasteiger partial charge in [0.25, 0.3) is 0 Å². The van der Waals surface area contributed by atoms with Crippen molar-refractivity contribution in [3.63, 3.8) is 0 Å². The molecule has 0 amide bonds. The van der Waals surface area contributed by atoms with Crippen LogP contribution in [0.5, 0.6) is 0 Å². The highest BCUT2D eigenvalue weighted by atomic mass is 16.7. The first kappa shape index (κ1) is 11.2. The molecule has 0 saturated carbocycles.